The standard InChI is InChI=1S/C16H22N4O3S/c17-16-11-12(16)7-4-2-1-3-5-9-18-14-13(8-6-10-19-14)24(22,23)20-15(16)21/h4,6-8,10,12H,1-3,5,9,11,17H2,(H,18,19)(H,20,21)/b7-4-/t12-,16-/m1/s1. The molecule has 1 aliphatic carbocycles. The van der Waals surface area contributed by atoms with E-state index in [9.17, 15) is 13.2 Å². The van der Waals surface area contributed by atoms with Gasteiger partial charge in [0, 0.05) is 18.7 Å². The number of rotatable bonds is 0. The second kappa shape index (κ2) is 6.52. The van der Waals surface area contributed by atoms with Crippen LogP contribution in [-0.2, 0) is 14.8 Å². The average molecular weight is 350 g/mol. The lowest BCUT2D eigenvalue weighted by Gasteiger charge is -2.14. The van der Waals surface area contributed by atoms with Crippen LogP contribution >= 0.6 is 0 Å². The van der Waals surface area contributed by atoms with Crippen LogP contribution in [0.25, 0.3) is 0 Å². The summed E-state index contributed by atoms with van der Waals surface area (Å²) in [5.41, 5.74) is 4.92. The Kier molecular flexibility index (Phi) is 4.60. The topological polar surface area (TPSA) is 114 Å². The number of aromatic nitrogens is 1. The van der Waals surface area contributed by atoms with Gasteiger partial charge in [-0.05, 0) is 37.8 Å². The quantitative estimate of drug-likeness (QED) is 0.605. The molecule has 1 aliphatic heterocycles. The fourth-order valence-corrected chi connectivity index (χ4v) is 4.03. The van der Waals surface area contributed by atoms with Crippen molar-refractivity contribution >= 4 is 21.7 Å². The first-order chi connectivity index (χ1) is 11.4. The number of carbonyl (C=O) groups is 1. The van der Waals surface area contributed by atoms with E-state index >= 15 is 0 Å². The highest BCUT2D eigenvalue weighted by atomic mass is 32.2. The van der Waals surface area contributed by atoms with Crippen molar-refractivity contribution in [3.63, 3.8) is 0 Å². The van der Waals surface area contributed by atoms with Crippen LogP contribution in [0.15, 0.2) is 35.4 Å². The van der Waals surface area contributed by atoms with E-state index in [1.807, 2.05) is 12.2 Å². The van der Waals surface area contributed by atoms with E-state index in [1.54, 1.807) is 0 Å². The largest absolute Gasteiger partial charge is 0.369 e. The Balaban J connectivity index is 1.89. The van der Waals surface area contributed by atoms with Gasteiger partial charge in [-0.25, -0.2) is 18.1 Å². The second-order valence-corrected chi connectivity index (χ2v) is 7.99. The molecule has 130 valence electrons. The van der Waals surface area contributed by atoms with E-state index in [2.05, 4.69) is 15.0 Å². The van der Waals surface area contributed by atoms with Crippen molar-refractivity contribution in [3.05, 3.63) is 30.5 Å². The maximum absolute atomic E-state index is 12.6. The van der Waals surface area contributed by atoms with Crippen molar-refractivity contribution < 1.29 is 13.2 Å². The van der Waals surface area contributed by atoms with Crippen LogP contribution < -0.4 is 15.8 Å². The summed E-state index contributed by atoms with van der Waals surface area (Å²) in [6, 6.07) is 2.95. The number of nitrogens with two attached hydrogens (primary N) is 1. The van der Waals surface area contributed by atoms with Gasteiger partial charge in [-0.3, -0.25) is 4.79 Å². The highest BCUT2D eigenvalue weighted by molar-refractivity contribution is 7.90. The molecule has 0 aromatic carbocycles. The summed E-state index contributed by atoms with van der Waals surface area (Å²) in [7, 11) is -4.02. The van der Waals surface area contributed by atoms with Gasteiger partial charge < -0.3 is 11.1 Å². The van der Waals surface area contributed by atoms with E-state index in [0.717, 1.165) is 25.7 Å². The minimum absolute atomic E-state index is 0.0374. The molecule has 2 heterocycles. The summed E-state index contributed by atoms with van der Waals surface area (Å²) < 4.78 is 27.2. The molecule has 0 radical (unpaired) electrons. The molecule has 7 nitrogen and oxygen atoms in total. The monoisotopic (exact) mass is 350 g/mol. The Bertz CT molecular complexity index is 762. The number of fused-ring (bicyclic) bond motifs is 2. The van der Waals surface area contributed by atoms with Crippen LogP contribution in [-0.4, -0.2) is 31.4 Å². The third-order valence-corrected chi connectivity index (χ3v) is 5.84. The lowest BCUT2D eigenvalue weighted by molar-refractivity contribution is -0.121. The minimum atomic E-state index is -4.02. The molecule has 1 fully saturated rings. The first-order valence-corrected chi connectivity index (χ1v) is 9.63. The van der Waals surface area contributed by atoms with Gasteiger partial charge in [0.2, 0.25) is 0 Å². The molecule has 1 saturated carbocycles. The maximum Gasteiger partial charge on any atom is 0.267 e. The van der Waals surface area contributed by atoms with E-state index in [1.165, 1.54) is 18.3 Å². The van der Waals surface area contributed by atoms with Crippen molar-refractivity contribution in [1.29, 1.82) is 0 Å². The number of anilines is 1. The summed E-state index contributed by atoms with van der Waals surface area (Å²) in [5.74, 6) is -0.518. The molecule has 24 heavy (non-hydrogen) atoms. The fourth-order valence-electron chi connectivity index (χ4n) is 2.85. The van der Waals surface area contributed by atoms with Gasteiger partial charge in [0.05, 0.1) is 0 Å². The number of pyridine rings is 1. The van der Waals surface area contributed by atoms with Crippen molar-refractivity contribution in [2.45, 2.75) is 42.5 Å². The summed E-state index contributed by atoms with van der Waals surface area (Å²) in [5, 5.41) is 3.04. The molecule has 1 aromatic rings. The maximum atomic E-state index is 12.6. The second-order valence-electron chi connectivity index (χ2n) is 6.34. The Morgan fingerprint density at radius 1 is 1.29 bits per heavy atom. The number of amides is 1. The van der Waals surface area contributed by atoms with Crippen molar-refractivity contribution in [2.24, 2.45) is 11.7 Å². The molecule has 8 heteroatoms. The summed E-state index contributed by atoms with van der Waals surface area (Å²) in [6.45, 7) is 0.626. The van der Waals surface area contributed by atoms with Gasteiger partial charge >= 0.3 is 0 Å². The summed E-state index contributed by atoms with van der Waals surface area (Å²) in [4.78, 5) is 16.4. The van der Waals surface area contributed by atoms with Crippen molar-refractivity contribution in [3.8, 4) is 0 Å². The zero-order valence-electron chi connectivity index (χ0n) is 13.4. The number of carbonyl (C=O) groups excluding carboxylic acids is 1. The normalized spacial score (nSPS) is 31.2. The molecule has 0 saturated heterocycles. The minimum Gasteiger partial charge on any atom is -0.369 e. The number of hydrogen-bond donors (Lipinski definition) is 3. The highest BCUT2D eigenvalue weighted by Crippen LogP contribution is 2.42. The summed E-state index contributed by atoms with van der Waals surface area (Å²) in [6.07, 6.45) is 9.86. The van der Waals surface area contributed by atoms with Crippen LogP contribution in [0.4, 0.5) is 5.82 Å². The van der Waals surface area contributed by atoms with E-state index in [-0.39, 0.29) is 16.6 Å². The predicted octanol–water partition coefficient (Wildman–Crippen LogP) is 1.15. The zero-order chi connectivity index (χ0) is 17.2. The van der Waals surface area contributed by atoms with Gasteiger partial charge in [-0.15, -0.1) is 0 Å². The summed E-state index contributed by atoms with van der Waals surface area (Å²) >= 11 is 0. The van der Waals surface area contributed by atoms with Crippen LogP contribution in [0.5, 0.6) is 0 Å². The number of allylic oxidation sites excluding steroid dienone is 1. The number of nitrogens with zero attached hydrogens (tertiary/aromatic N) is 1. The molecule has 0 unspecified atom stereocenters. The molecule has 2 atom stereocenters. The molecule has 3 rings (SSSR count). The zero-order valence-corrected chi connectivity index (χ0v) is 14.2. The third-order valence-electron chi connectivity index (χ3n) is 4.48. The van der Waals surface area contributed by atoms with Gasteiger partial charge in [0.1, 0.15) is 16.3 Å². The smallest absolute Gasteiger partial charge is 0.267 e. The van der Waals surface area contributed by atoms with Gasteiger partial charge in [-0.1, -0.05) is 18.6 Å². The Hall–Kier alpha value is -1.93. The Labute approximate surface area is 141 Å². The number of hydrogen-bond acceptors (Lipinski definition) is 6. The van der Waals surface area contributed by atoms with Crippen molar-refractivity contribution in [1.82, 2.24) is 9.71 Å². The van der Waals surface area contributed by atoms with Crippen LogP contribution in [0.1, 0.15) is 32.1 Å². The van der Waals surface area contributed by atoms with Crippen molar-refractivity contribution in [2.75, 3.05) is 11.9 Å². The highest BCUT2D eigenvalue weighted by Gasteiger charge is 2.56. The lowest BCUT2D eigenvalue weighted by Crippen LogP contribution is -2.46. The van der Waals surface area contributed by atoms with Gasteiger partial charge in [-0.2, -0.15) is 0 Å². The SMILES string of the molecule is N[C@]12C[C@H]1/C=C\CCCCCNc1ncccc1S(=O)(=O)NC2=O. The molecule has 1 aromatic heterocycles. The Morgan fingerprint density at radius 2 is 2.12 bits per heavy atom. The molecule has 4 N–H and O–H groups in total. The van der Waals surface area contributed by atoms with Gasteiger partial charge in [0.25, 0.3) is 15.9 Å². The molecule has 0 spiro atoms. The van der Waals surface area contributed by atoms with E-state index in [0.29, 0.717) is 13.0 Å². The lowest BCUT2D eigenvalue weighted by atomic mass is 10.1. The van der Waals surface area contributed by atoms with E-state index in [4.69, 9.17) is 5.73 Å². The Morgan fingerprint density at radius 3 is 2.96 bits per heavy atom. The molecular formula is C16H22N4O3S. The van der Waals surface area contributed by atoms with Crippen LogP contribution in [0.2, 0.25) is 0 Å². The molecular weight excluding hydrogens is 328 g/mol. The average Bonchev–Trinajstić information content (AvgIpc) is 3.21. The molecule has 0 bridgehead atoms. The van der Waals surface area contributed by atoms with Crippen LogP contribution in [0.3, 0.4) is 0 Å². The number of nitrogens with one attached hydrogen (secondary N) is 2. The predicted molar refractivity (Wildman–Crippen MR) is 90.7 cm³/mol. The fraction of sp³-hybridized carbons (Fsp3) is 0.500. The third kappa shape index (κ3) is 3.44. The van der Waals surface area contributed by atoms with Crippen LogP contribution in [0, 0.1) is 5.92 Å². The van der Waals surface area contributed by atoms with E-state index < -0.39 is 21.5 Å². The molecule has 1 amide bonds. The molecule has 2 aliphatic rings. The number of sulfonamides is 1. The first-order valence-electron chi connectivity index (χ1n) is 8.15. The van der Waals surface area contributed by atoms with Gasteiger partial charge in [0.15, 0.2) is 0 Å². The first kappa shape index (κ1) is 16.9.